The van der Waals surface area contributed by atoms with Gasteiger partial charge in [0.05, 0.1) is 6.93 Å². The summed E-state index contributed by atoms with van der Waals surface area (Å²) in [5.74, 6) is -0.0274. The molecule has 0 amide bonds. The number of rotatable bonds is 1. The number of hydrogen-bond acceptors (Lipinski definition) is 4. The van der Waals surface area contributed by atoms with E-state index in [0.717, 1.165) is 18.2 Å². The van der Waals surface area contributed by atoms with E-state index in [1.165, 1.54) is 6.20 Å². The molecule has 2 rings (SSSR count). The maximum atomic E-state index is 12.5. The molecule has 0 unspecified atom stereocenters. The molecular weight excluding hydrogens is 245 g/mol. The summed E-state index contributed by atoms with van der Waals surface area (Å²) in [6.45, 7) is 0. The molecule has 0 aliphatic carbocycles. The molecule has 94 valence electrons. The first-order valence-electron chi connectivity index (χ1n) is 5.35. The van der Waals surface area contributed by atoms with Crippen molar-refractivity contribution in [1.82, 2.24) is 9.97 Å². The average Bonchev–Trinajstić information content (AvgIpc) is 2.28. The summed E-state index contributed by atoms with van der Waals surface area (Å²) in [7, 11) is 0. The van der Waals surface area contributed by atoms with Gasteiger partial charge in [-0.3, -0.25) is 0 Å². The fourth-order valence-corrected chi connectivity index (χ4v) is 1.39. The molecule has 0 aliphatic rings. The zero-order chi connectivity index (χ0) is 14.2. The normalized spacial score (nSPS) is 12.3. The second-order valence-corrected chi connectivity index (χ2v) is 3.52. The second kappa shape index (κ2) is 4.17. The zero-order valence-corrected chi connectivity index (χ0v) is 8.99. The molecule has 0 fully saturated rings. The minimum atomic E-state index is -4.49. The van der Waals surface area contributed by atoms with E-state index in [1.54, 1.807) is 0 Å². The van der Waals surface area contributed by atoms with Crippen LogP contribution < -0.4 is 11.5 Å². The van der Waals surface area contributed by atoms with E-state index in [4.69, 9.17) is 12.8 Å². The zero-order valence-electron chi connectivity index (χ0n) is 9.99. The summed E-state index contributed by atoms with van der Waals surface area (Å²) in [5.41, 5.74) is 10.5. The first kappa shape index (κ1) is 10.8. The van der Waals surface area contributed by atoms with Gasteiger partial charge in [-0.05, 0) is 17.7 Å². The SMILES string of the molecule is [2H]c1cc(C(F)(F)F)ccc1-c1cnc(N)nc1N. The molecule has 0 saturated carbocycles. The number of hydrogen-bond donors (Lipinski definition) is 2. The number of aromatic nitrogens is 2. The second-order valence-electron chi connectivity index (χ2n) is 3.52. The van der Waals surface area contributed by atoms with E-state index in [0.29, 0.717) is 0 Å². The van der Waals surface area contributed by atoms with Gasteiger partial charge in [-0.2, -0.15) is 18.2 Å². The predicted molar refractivity (Wildman–Crippen MR) is 61.3 cm³/mol. The molecule has 0 saturated heterocycles. The lowest BCUT2D eigenvalue weighted by Gasteiger charge is -2.08. The van der Waals surface area contributed by atoms with Crippen LogP contribution in [0, 0.1) is 0 Å². The first-order valence-corrected chi connectivity index (χ1v) is 4.85. The lowest BCUT2D eigenvalue weighted by molar-refractivity contribution is -0.137. The number of anilines is 2. The summed E-state index contributed by atoms with van der Waals surface area (Å²) in [6, 6.07) is 2.46. The Morgan fingerprint density at radius 2 is 1.89 bits per heavy atom. The molecule has 1 aromatic carbocycles. The fourth-order valence-electron chi connectivity index (χ4n) is 1.39. The maximum absolute atomic E-state index is 12.5. The minimum absolute atomic E-state index is 0.0146. The Balaban J connectivity index is 2.52. The topological polar surface area (TPSA) is 77.8 Å². The van der Waals surface area contributed by atoms with Crippen molar-refractivity contribution < 1.29 is 14.5 Å². The summed E-state index contributed by atoms with van der Waals surface area (Å²) in [5, 5.41) is 0. The molecule has 0 spiro atoms. The molecule has 4 nitrogen and oxygen atoms in total. The first-order chi connectivity index (χ1) is 8.79. The fraction of sp³-hybridized carbons (Fsp3) is 0.0909. The van der Waals surface area contributed by atoms with Crippen molar-refractivity contribution in [3.8, 4) is 11.1 Å². The van der Waals surface area contributed by atoms with Crippen LogP contribution in [0.25, 0.3) is 11.1 Å². The van der Waals surface area contributed by atoms with Crippen molar-refractivity contribution in [3.05, 3.63) is 36.0 Å². The number of nitrogens with two attached hydrogens (primary N) is 2. The van der Waals surface area contributed by atoms with Gasteiger partial charge in [0.2, 0.25) is 5.95 Å². The summed E-state index contributed by atoms with van der Waals surface area (Å²) in [6.07, 6.45) is -3.21. The highest BCUT2D eigenvalue weighted by Crippen LogP contribution is 2.31. The third-order valence-corrected chi connectivity index (χ3v) is 2.27. The van der Waals surface area contributed by atoms with Crippen LogP contribution in [0.1, 0.15) is 6.93 Å². The highest BCUT2D eigenvalue weighted by atomic mass is 19.4. The quantitative estimate of drug-likeness (QED) is 0.819. The van der Waals surface area contributed by atoms with Crippen molar-refractivity contribution >= 4 is 11.8 Å². The monoisotopic (exact) mass is 255 g/mol. The molecule has 4 N–H and O–H groups in total. The molecule has 0 atom stereocenters. The molecule has 2 aromatic rings. The predicted octanol–water partition coefficient (Wildman–Crippen LogP) is 2.33. The largest absolute Gasteiger partial charge is 0.416 e. The molecule has 7 heteroatoms. The van der Waals surface area contributed by atoms with E-state index in [2.05, 4.69) is 9.97 Å². The van der Waals surface area contributed by atoms with Crippen LogP contribution in [0.4, 0.5) is 24.9 Å². The van der Waals surface area contributed by atoms with Gasteiger partial charge in [0.25, 0.3) is 0 Å². The Kier molecular flexibility index (Phi) is 2.51. The lowest BCUT2D eigenvalue weighted by atomic mass is 10.1. The van der Waals surface area contributed by atoms with E-state index in [1.807, 2.05) is 0 Å². The number of halogens is 3. The average molecular weight is 255 g/mol. The van der Waals surface area contributed by atoms with Crippen LogP contribution in [-0.2, 0) is 6.18 Å². The van der Waals surface area contributed by atoms with Gasteiger partial charge in [-0.1, -0.05) is 12.1 Å². The van der Waals surface area contributed by atoms with Gasteiger partial charge >= 0.3 is 6.18 Å². The molecule has 0 bridgehead atoms. The third-order valence-electron chi connectivity index (χ3n) is 2.27. The molecule has 18 heavy (non-hydrogen) atoms. The molecule has 0 aliphatic heterocycles. The van der Waals surface area contributed by atoms with Crippen LogP contribution in [0.3, 0.4) is 0 Å². The van der Waals surface area contributed by atoms with Crippen LogP contribution >= 0.6 is 0 Å². The van der Waals surface area contributed by atoms with Crippen LogP contribution in [0.5, 0.6) is 0 Å². The van der Waals surface area contributed by atoms with Gasteiger partial charge in [-0.25, -0.2) is 4.98 Å². The van der Waals surface area contributed by atoms with Crippen molar-refractivity contribution in [2.45, 2.75) is 6.18 Å². The molecule has 0 radical (unpaired) electrons. The Hall–Kier alpha value is -2.31. The van der Waals surface area contributed by atoms with Crippen molar-refractivity contribution in [2.75, 3.05) is 11.5 Å². The molecule has 1 aromatic heterocycles. The van der Waals surface area contributed by atoms with Crippen molar-refractivity contribution in [1.29, 1.82) is 0 Å². The van der Waals surface area contributed by atoms with Gasteiger partial charge in [0.1, 0.15) is 5.82 Å². The summed E-state index contributed by atoms with van der Waals surface area (Å²) >= 11 is 0. The van der Waals surface area contributed by atoms with Crippen molar-refractivity contribution in [2.24, 2.45) is 0 Å². The van der Waals surface area contributed by atoms with Gasteiger partial charge in [0, 0.05) is 11.8 Å². The van der Waals surface area contributed by atoms with E-state index in [9.17, 15) is 13.2 Å². The number of benzene rings is 1. The van der Waals surface area contributed by atoms with E-state index < -0.39 is 11.7 Å². The van der Waals surface area contributed by atoms with Crippen LogP contribution in [-0.4, -0.2) is 9.97 Å². The highest BCUT2D eigenvalue weighted by molar-refractivity contribution is 5.73. The summed E-state index contributed by atoms with van der Waals surface area (Å²) < 4.78 is 45.1. The minimum Gasteiger partial charge on any atom is -0.383 e. The number of alkyl halides is 3. The number of nitrogen functional groups attached to an aromatic ring is 2. The summed E-state index contributed by atoms with van der Waals surface area (Å²) in [4.78, 5) is 7.41. The van der Waals surface area contributed by atoms with Gasteiger partial charge < -0.3 is 11.5 Å². The third kappa shape index (κ3) is 2.34. The Labute approximate surface area is 102 Å². The van der Waals surface area contributed by atoms with E-state index in [-0.39, 0.29) is 28.9 Å². The molecule has 1 heterocycles. The maximum Gasteiger partial charge on any atom is 0.416 e. The van der Waals surface area contributed by atoms with E-state index >= 15 is 0 Å². The molecular formula is C11H9F3N4. The van der Waals surface area contributed by atoms with Crippen LogP contribution in [0.15, 0.2) is 30.4 Å². The van der Waals surface area contributed by atoms with Gasteiger partial charge in [-0.15, -0.1) is 0 Å². The highest BCUT2D eigenvalue weighted by Gasteiger charge is 2.30. The number of nitrogens with zero attached hydrogens (tertiary/aromatic N) is 2. The van der Waals surface area contributed by atoms with Crippen LogP contribution in [0.2, 0.25) is 0 Å². The standard InChI is InChI=1S/C11H9F3N4/c12-11(13,14)7-3-1-6(2-4-7)8-5-17-10(16)18-9(8)15/h1-5H,(H4,15,16,17,18)/i1D. The van der Waals surface area contributed by atoms with Gasteiger partial charge in [0.15, 0.2) is 0 Å². The Morgan fingerprint density at radius 1 is 1.17 bits per heavy atom. The Bertz CT molecular complexity index is 628. The van der Waals surface area contributed by atoms with Crippen molar-refractivity contribution in [3.63, 3.8) is 0 Å². The lowest BCUT2D eigenvalue weighted by Crippen LogP contribution is -2.04. The Morgan fingerprint density at radius 3 is 2.44 bits per heavy atom. The smallest absolute Gasteiger partial charge is 0.383 e.